The number of carbonyl (C=O) groups is 2. The average Bonchev–Trinajstić information content (AvgIpc) is 3.35. The van der Waals surface area contributed by atoms with Crippen molar-refractivity contribution in [2.45, 2.75) is 6.54 Å². The second-order valence-corrected chi connectivity index (χ2v) is 8.84. The Bertz CT molecular complexity index is 1530. The molecule has 1 aliphatic heterocycles. The molecule has 0 aliphatic carbocycles. The fraction of sp³-hybridized carbons (Fsp3) is 0.231. The maximum atomic E-state index is 14.1. The van der Waals surface area contributed by atoms with Crippen molar-refractivity contribution in [3.63, 3.8) is 0 Å². The minimum atomic E-state index is -1.24. The third kappa shape index (κ3) is 4.77. The number of hydrogen-bond acceptors (Lipinski definition) is 6. The van der Waals surface area contributed by atoms with E-state index in [1.165, 1.54) is 16.8 Å². The Morgan fingerprint density at radius 3 is 2.39 bits per heavy atom. The summed E-state index contributed by atoms with van der Waals surface area (Å²) in [5, 5.41) is 4.18. The molecule has 5 rings (SSSR count). The topological polar surface area (TPSA) is 106 Å². The van der Waals surface area contributed by atoms with E-state index in [-0.39, 0.29) is 48.0 Å². The van der Waals surface area contributed by atoms with Crippen molar-refractivity contribution in [2.75, 3.05) is 33.3 Å². The fourth-order valence-electron chi connectivity index (χ4n) is 4.44. The Balaban J connectivity index is 1.38. The van der Waals surface area contributed by atoms with Crippen LogP contribution in [0.1, 0.15) is 26.4 Å². The molecule has 0 atom stereocenters. The maximum absolute atomic E-state index is 14.1. The van der Waals surface area contributed by atoms with Crippen molar-refractivity contribution >= 4 is 17.5 Å². The van der Waals surface area contributed by atoms with Crippen LogP contribution in [-0.4, -0.2) is 69.5 Å². The normalized spacial score (nSPS) is 14.2. The lowest BCUT2D eigenvalue weighted by Crippen LogP contribution is -2.48. The summed E-state index contributed by atoms with van der Waals surface area (Å²) in [5.41, 5.74) is 7.05. The zero-order valence-corrected chi connectivity index (χ0v) is 20.3. The molecule has 1 fully saturated rings. The van der Waals surface area contributed by atoms with Crippen LogP contribution in [0.3, 0.4) is 0 Å². The summed E-state index contributed by atoms with van der Waals surface area (Å²) in [4.78, 5) is 33.6. The number of piperazine rings is 1. The van der Waals surface area contributed by atoms with Crippen molar-refractivity contribution in [1.82, 2.24) is 24.4 Å². The van der Waals surface area contributed by atoms with E-state index in [9.17, 15) is 22.8 Å². The van der Waals surface area contributed by atoms with E-state index in [2.05, 4.69) is 10.1 Å². The van der Waals surface area contributed by atoms with Gasteiger partial charge in [0.1, 0.15) is 22.8 Å². The Morgan fingerprint density at radius 2 is 1.74 bits per heavy atom. The number of amides is 2. The highest BCUT2D eigenvalue weighted by Crippen LogP contribution is 2.25. The van der Waals surface area contributed by atoms with Gasteiger partial charge in [0, 0.05) is 49.9 Å². The Hall–Kier alpha value is -4.45. The lowest BCUT2D eigenvalue weighted by molar-refractivity contribution is 0.0628. The van der Waals surface area contributed by atoms with Crippen molar-refractivity contribution in [2.24, 2.45) is 5.73 Å². The molecular formula is C26H23F3N6O3. The number of benzene rings is 2. The van der Waals surface area contributed by atoms with E-state index in [0.29, 0.717) is 36.2 Å². The summed E-state index contributed by atoms with van der Waals surface area (Å²) >= 11 is 0. The first-order valence-electron chi connectivity index (χ1n) is 11.7. The number of fused-ring (bicyclic) bond motifs is 1. The maximum Gasteiger partial charge on any atom is 0.267 e. The van der Waals surface area contributed by atoms with Crippen molar-refractivity contribution in [1.29, 1.82) is 0 Å². The van der Waals surface area contributed by atoms with Crippen LogP contribution >= 0.6 is 0 Å². The molecule has 1 aliphatic rings. The molecule has 2 aromatic carbocycles. The monoisotopic (exact) mass is 524 g/mol. The standard InChI is InChI=1S/C26H23F3N6O3/c1-38-18-4-2-15(3-5-18)21-12-22(24(30)36)35-25(32-21)19(13-31-35)26(37)34-8-6-33(7-9-34)14-16-10-17(27)11-20(28)23(16)29/h2-5,10-13H,6-9,14H2,1H3,(H2,30,36). The van der Waals surface area contributed by atoms with Gasteiger partial charge in [0.25, 0.3) is 11.8 Å². The molecule has 2 N–H and O–H groups in total. The minimum absolute atomic E-state index is 0.00794. The van der Waals surface area contributed by atoms with E-state index in [1.807, 2.05) is 4.90 Å². The summed E-state index contributed by atoms with van der Waals surface area (Å²) in [7, 11) is 1.55. The molecule has 4 aromatic rings. The van der Waals surface area contributed by atoms with Gasteiger partial charge in [-0.25, -0.2) is 22.7 Å². The van der Waals surface area contributed by atoms with Gasteiger partial charge in [-0.2, -0.15) is 5.10 Å². The lowest BCUT2D eigenvalue weighted by Gasteiger charge is -2.34. The number of aromatic nitrogens is 3. The van der Waals surface area contributed by atoms with Gasteiger partial charge in [-0.1, -0.05) is 0 Å². The average molecular weight is 525 g/mol. The summed E-state index contributed by atoms with van der Waals surface area (Å²) in [6.07, 6.45) is 1.34. The van der Waals surface area contributed by atoms with E-state index in [0.717, 1.165) is 6.07 Å². The number of hydrogen-bond donors (Lipinski definition) is 1. The minimum Gasteiger partial charge on any atom is -0.497 e. The number of rotatable bonds is 6. The van der Waals surface area contributed by atoms with Crippen molar-refractivity contribution in [3.8, 4) is 17.0 Å². The first-order valence-corrected chi connectivity index (χ1v) is 11.7. The van der Waals surface area contributed by atoms with Gasteiger partial charge >= 0.3 is 0 Å². The molecule has 0 saturated carbocycles. The van der Waals surface area contributed by atoms with Crippen LogP contribution in [0.5, 0.6) is 5.75 Å². The summed E-state index contributed by atoms with van der Waals surface area (Å²) in [6, 6.07) is 10.0. The molecule has 12 heteroatoms. The first-order chi connectivity index (χ1) is 18.2. The summed E-state index contributed by atoms with van der Waals surface area (Å²) < 4.78 is 47.6. The number of carbonyl (C=O) groups excluding carboxylic acids is 2. The Kier molecular flexibility index (Phi) is 6.72. The van der Waals surface area contributed by atoms with E-state index >= 15 is 0 Å². The quantitative estimate of drug-likeness (QED) is 0.389. The zero-order valence-electron chi connectivity index (χ0n) is 20.3. The van der Waals surface area contributed by atoms with Gasteiger partial charge in [0.15, 0.2) is 17.3 Å². The van der Waals surface area contributed by atoms with Crippen LogP contribution < -0.4 is 10.5 Å². The fourth-order valence-corrected chi connectivity index (χ4v) is 4.44. The highest BCUT2D eigenvalue weighted by atomic mass is 19.2. The van der Waals surface area contributed by atoms with Crippen LogP contribution in [0.25, 0.3) is 16.9 Å². The van der Waals surface area contributed by atoms with Crippen LogP contribution in [0.15, 0.2) is 48.7 Å². The third-order valence-electron chi connectivity index (χ3n) is 6.46. The number of primary amides is 1. The second kappa shape index (κ2) is 10.1. The summed E-state index contributed by atoms with van der Waals surface area (Å²) in [5.74, 6) is -3.60. The van der Waals surface area contributed by atoms with Crippen LogP contribution in [0, 0.1) is 17.5 Å². The van der Waals surface area contributed by atoms with E-state index < -0.39 is 23.4 Å². The molecule has 9 nitrogen and oxygen atoms in total. The molecular weight excluding hydrogens is 501 g/mol. The van der Waals surface area contributed by atoms with Crippen molar-refractivity contribution < 1.29 is 27.5 Å². The van der Waals surface area contributed by atoms with Gasteiger partial charge in [0.2, 0.25) is 0 Å². The van der Waals surface area contributed by atoms with Gasteiger partial charge in [-0.05, 0) is 36.4 Å². The summed E-state index contributed by atoms with van der Waals surface area (Å²) in [6.45, 7) is 1.31. The largest absolute Gasteiger partial charge is 0.497 e. The molecule has 38 heavy (non-hydrogen) atoms. The number of ether oxygens (including phenoxy) is 1. The molecule has 0 spiro atoms. The molecule has 2 aromatic heterocycles. The van der Waals surface area contributed by atoms with Crippen LogP contribution in [-0.2, 0) is 6.54 Å². The van der Waals surface area contributed by atoms with E-state index in [1.54, 1.807) is 36.3 Å². The van der Waals surface area contributed by atoms with Crippen molar-refractivity contribution in [3.05, 3.63) is 82.9 Å². The van der Waals surface area contributed by atoms with Crippen LogP contribution in [0.2, 0.25) is 0 Å². The predicted molar refractivity (Wildman–Crippen MR) is 131 cm³/mol. The Labute approximate surface area is 215 Å². The highest BCUT2D eigenvalue weighted by Gasteiger charge is 2.27. The molecule has 0 unspecified atom stereocenters. The van der Waals surface area contributed by atoms with Gasteiger partial charge in [0.05, 0.1) is 19.0 Å². The second-order valence-electron chi connectivity index (χ2n) is 8.84. The molecule has 2 amide bonds. The van der Waals surface area contributed by atoms with Gasteiger partial charge < -0.3 is 15.4 Å². The number of methoxy groups -OCH3 is 1. The zero-order chi connectivity index (χ0) is 27.0. The number of halogens is 3. The molecule has 196 valence electrons. The smallest absolute Gasteiger partial charge is 0.267 e. The number of nitrogens with two attached hydrogens (primary N) is 1. The Morgan fingerprint density at radius 1 is 1.03 bits per heavy atom. The molecule has 0 radical (unpaired) electrons. The van der Waals surface area contributed by atoms with Gasteiger partial charge in [-0.15, -0.1) is 0 Å². The third-order valence-corrected chi connectivity index (χ3v) is 6.46. The van der Waals surface area contributed by atoms with E-state index in [4.69, 9.17) is 10.5 Å². The SMILES string of the molecule is COc1ccc(-c2cc(C(N)=O)n3ncc(C(=O)N4CCN(Cc5cc(F)cc(F)c5F)CC4)c3n2)cc1. The predicted octanol–water partition coefficient (Wildman–Crippen LogP) is 2.88. The molecule has 3 heterocycles. The highest BCUT2D eigenvalue weighted by molar-refractivity contribution is 6.01. The lowest BCUT2D eigenvalue weighted by atomic mass is 10.1. The molecule has 0 bridgehead atoms. The van der Waals surface area contributed by atoms with Gasteiger partial charge in [-0.3, -0.25) is 14.5 Å². The first kappa shape index (κ1) is 25.2. The molecule has 1 saturated heterocycles. The number of nitrogens with zero attached hydrogens (tertiary/aromatic N) is 5. The van der Waals surface area contributed by atoms with Crippen LogP contribution in [0.4, 0.5) is 13.2 Å².